The van der Waals surface area contributed by atoms with Gasteiger partial charge < -0.3 is 35.0 Å². The van der Waals surface area contributed by atoms with Gasteiger partial charge in [-0.15, -0.1) is 0 Å². The number of aliphatic hydroxyl groups excluding tert-OH is 3. The van der Waals surface area contributed by atoms with E-state index in [0.717, 1.165) is 37.7 Å². The largest absolute Gasteiger partial charge is 0.481 e. The van der Waals surface area contributed by atoms with Gasteiger partial charge in [0.05, 0.1) is 23.0 Å². The smallest absolute Gasteiger partial charge is 0.314 e. The summed E-state index contributed by atoms with van der Waals surface area (Å²) in [4.78, 5) is 26.7. The Kier molecular flexibility index (Phi) is 7.78. The number of hydrogen-bond donors (Lipinski definition) is 5. The maximum Gasteiger partial charge on any atom is 0.314 e. The third-order valence-electron chi connectivity index (χ3n) is 14.9. The summed E-state index contributed by atoms with van der Waals surface area (Å²) in [5, 5.41) is 53.2. The monoisotopic (exact) mass is 632 g/mol. The van der Waals surface area contributed by atoms with E-state index in [-0.39, 0.29) is 40.1 Å². The van der Waals surface area contributed by atoms with Crippen LogP contribution in [-0.4, -0.2) is 74.3 Å². The van der Waals surface area contributed by atoms with Gasteiger partial charge in [0.25, 0.3) is 0 Å². The quantitative estimate of drug-likeness (QED) is 0.209. The molecule has 6 rings (SSSR count). The molecule has 9 nitrogen and oxygen atoms in total. The Balaban J connectivity index is 1.35. The predicted octanol–water partition coefficient (Wildman–Crippen LogP) is 5.15. The first-order valence-electron chi connectivity index (χ1n) is 17.3. The molecule has 1 aliphatic heterocycles. The minimum atomic E-state index is -1.36. The van der Waals surface area contributed by atoms with Crippen LogP contribution >= 0.6 is 0 Å². The number of carbonyl (C=O) groups is 2. The Labute approximate surface area is 267 Å². The van der Waals surface area contributed by atoms with Crippen LogP contribution in [0.2, 0.25) is 0 Å². The Morgan fingerprint density at radius 2 is 1.49 bits per heavy atom. The zero-order valence-electron chi connectivity index (χ0n) is 28.2. The van der Waals surface area contributed by atoms with E-state index in [1.165, 1.54) is 0 Å². The van der Waals surface area contributed by atoms with E-state index >= 15 is 0 Å². The molecule has 0 aromatic rings. The second-order valence-electron chi connectivity index (χ2n) is 17.7. The second kappa shape index (κ2) is 10.5. The van der Waals surface area contributed by atoms with Crippen molar-refractivity contribution >= 4 is 11.9 Å². The molecule has 0 spiro atoms. The first-order chi connectivity index (χ1) is 20.8. The molecule has 0 radical (unpaired) electrons. The Bertz CT molecular complexity index is 1260. The average molecular weight is 633 g/mol. The molecule has 0 aromatic carbocycles. The number of allylic oxidation sites excluding steroid dienone is 1. The number of aliphatic hydroxyl groups is 3. The fourth-order valence-corrected chi connectivity index (χ4v) is 12.3. The van der Waals surface area contributed by atoms with E-state index in [1.807, 2.05) is 0 Å². The van der Waals surface area contributed by atoms with Gasteiger partial charge >= 0.3 is 11.9 Å². The van der Waals surface area contributed by atoms with Crippen molar-refractivity contribution in [2.45, 2.75) is 149 Å². The van der Waals surface area contributed by atoms with Crippen LogP contribution in [-0.2, 0) is 19.1 Å². The van der Waals surface area contributed by atoms with Crippen molar-refractivity contribution in [1.29, 1.82) is 0 Å². The van der Waals surface area contributed by atoms with Crippen molar-refractivity contribution < 1.29 is 44.6 Å². The van der Waals surface area contributed by atoms with Crippen molar-refractivity contribution in [2.75, 3.05) is 0 Å². The fourth-order valence-electron chi connectivity index (χ4n) is 12.3. The van der Waals surface area contributed by atoms with Gasteiger partial charge in [0.15, 0.2) is 6.29 Å². The molecule has 0 bridgehead atoms. The predicted molar refractivity (Wildman–Crippen MR) is 166 cm³/mol. The highest BCUT2D eigenvalue weighted by atomic mass is 16.7. The molecule has 254 valence electrons. The minimum absolute atomic E-state index is 0.0443. The third-order valence-corrected chi connectivity index (χ3v) is 14.9. The molecular weight excluding hydrogens is 576 g/mol. The molecule has 0 amide bonds. The van der Waals surface area contributed by atoms with Gasteiger partial charge in [-0.25, -0.2) is 0 Å². The van der Waals surface area contributed by atoms with Crippen molar-refractivity contribution in [1.82, 2.24) is 0 Å². The topological polar surface area (TPSA) is 154 Å². The highest BCUT2D eigenvalue weighted by Gasteiger charge is 2.73. The van der Waals surface area contributed by atoms with E-state index < -0.39 is 58.9 Å². The van der Waals surface area contributed by atoms with Crippen LogP contribution in [0, 0.1) is 50.2 Å². The average Bonchev–Trinajstić information content (AvgIpc) is 2.95. The zero-order valence-corrected chi connectivity index (χ0v) is 28.2. The summed E-state index contributed by atoms with van der Waals surface area (Å²) < 4.78 is 12.3. The van der Waals surface area contributed by atoms with Crippen LogP contribution in [0.15, 0.2) is 11.6 Å². The maximum absolute atomic E-state index is 13.8. The number of hydrogen-bond acceptors (Lipinski definition) is 7. The summed E-state index contributed by atoms with van der Waals surface area (Å²) in [5.41, 5.74) is -2.17. The fraction of sp³-hybridized carbons (Fsp3) is 0.889. The lowest BCUT2D eigenvalue weighted by Gasteiger charge is -2.70. The van der Waals surface area contributed by atoms with E-state index in [2.05, 4.69) is 47.6 Å². The Morgan fingerprint density at radius 3 is 2.13 bits per heavy atom. The summed E-state index contributed by atoms with van der Waals surface area (Å²) in [5.74, 6) is -1.52. The molecule has 5 aliphatic carbocycles. The van der Waals surface area contributed by atoms with Crippen molar-refractivity contribution in [3.05, 3.63) is 11.6 Å². The van der Waals surface area contributed by atoms with Crippen LogP contribution in [0.5, 0.6) is 0 Å². The molecule has 6 aliphatic rings. The van der Waals surface area contributed by atoms with Gasteiger partial charge in [-0.3, -0.25) is 9.59 Å². The molecule has 45 heavy (non-hydrogen) atoms. The van der Waals surface area contributed by atoms with Gasteiger partial charge in [-0.1, -0.05) is 53.2 Å². The Hall–Kier alpha value is -1.52. The molecular formula is C36H56O9. The lowest BCUT2D eigenvalue weighted by atomic mass is 9.33. The van der Waals surface area contributed by atoms with E-state index in [1.54, 1.807) is 6.92 Å². The van der Waals surface area contributed by atoms with Gasteiger partial charge in [0.1, 0.15) is 18.3 Å². The summed E-state index contributed by atoms with van der Waals surface area (Å²) in [6, 6.07) is 0. The van der Waals surface area contributed by atoms with E-state index in [9.17, 15) is 35.1 Å². The molecule has 0 aromatic heterocycles. The molecule has 5 fully saturated rings. The second-order valence-corrected chi connectivity index (χ2v) is 17.7. The van der Waals surface area contributed by atoms with Crippen LogP contribution in [0.25, 0.3) is 0 Å². The number of rotatable bonds is 4. The summed E-state index contributed by atoms with van der Waals surface area (Å²) >= 11 is 0. The number of carboxylic acids is 2. The number of aliphatic carboxylic acids is 2. The number of carboxylic acid groups (broad SMARTS) is 2. The minimum Gasteiger partial charge on any atom is -0.481 e. The number of ether oxygens (including phenoxy) is 2. The molecule has 9 heteroatoms. The lowest BCUT2D eigenvalue weighted by molar-refractivity contribution is -0.324. The highest BCUT2D eigenvalue weighted by molar-refractivity contribution is 5.84. The highest BCUT2D eigenvalue weighted by Crippen LogP contribution is 2.76. The van der Waals surface area contributed by atoms with E-state index in [0.29, 0.717) is 32.1 Å². The van der Waals surface area contributed by atoms with Gasteiger partial charge in [0, 0.05) is 0 Å². The Morgan fingerprint density at radius 1 is 0.822 bits per heavy atom. The summed E-state index contributed by atoms with van der Waals surface area (Å²) in [6.45, 7) is 15.0. The maximum atomic E-state index is 13.8. The molecule has 4 saturated carbocycles. The molecule has 1 saturated heterocycles. The summed E-state index contributed by atoms with van der Waals surface area (Å²) in [6.07, 6.45) is 3.02. The van der Waals surface area contributed by atoms with Gasteiger partial charge in [-0.2, -0.15) is 0 Å². The molecule has 3 unspecified atom stereocenters. The van der Waals surface area contributed by atoms with Crippen LogP contribution in [0.3, 0.4) is 0 Å². The molecule has 13 atom stereocenters. The van der Waals surface area contributed by atoms with Crippen LogP contribution in [0.4, 0.5) is 0 Å². The standard InChI is InChI=1S/C36H56O9/c1-19-25(37)26(38)27(39)28(44-19)45-24-11-12-33(6)22(32(24,4)5)10-13-34(7)23(33)9-8-20-21-18-31(2,3)14-15-35(21,29(40)41)16-17-36(20,34)30(42)43/h8,19,21-28,37-39H,9-18H2,1-7H3,(H,40,41)(H,42,43)/t19-,21?,22?,23?,24+,25-,26+,27-,28+,33+,34-,35+,36-/m1/s1. The first-order valence-corrected chi connectivity index (χ1v) is 17.3. The van der Waals surface area contributed by atoms with E-state index in [4.69, 9.17) is 9.47 Å². The molecule has 5 N–H and O–H groups in total. The van der Waals surface area contributed by atoms with Crippen LogP contribution < -0.4 is 0 Å². The SMILES string of the molecule is C[C@H]1O[C@@H](O[C@H]2CC[C@@]3(C)C(CC[C@]4(C)C3CC=C3C5CC(C)(C)CC[C@]5(C(=O)O)CC[C@]34C(=O)O)C2(C)C)[C@H](O)[C@@H](O)[C@@H]1O. The zero-order chi connectivity index (χ0) is 33.1. The van der Waals surface area contributed by atoms with Crippen molar-refractivity contribution in [3.63, 3.8) is 0 Å². The van der Waals surface area contributed by atoms with Crippen LogP contribution in [0.1, 0.15) is 113 Å². The lowest BCUT2D eigenvalue weighted by Crippen LogP contribution is -2.68. The molecule has 1 heterocycles. The third kappa shape index (κ3) is 4.42. The van der Waals surface area contributed by atoms with Gasteiger partial charge in [0.2, 0.25) is 0 Å². The van der Waals surface area contributed by atoms with Gasteiger partial charge in [-0.05, 0) is 111 Å². The summed E-state index contributed by atoms with van der Waals surface area (Å²) in [7, 11) is 0. The normalized spacial score (nSPS) is 51.9. The number of fused-ring (bicyclic) bond motifs is 7. The first kappa shape index (κ1) is 33.4. The van der Waals surface area contributed by atoms with Crippen molar-refractivity contribution in [3.8, 4) is 0 Å². The van der Waals surface area contributed by atoms with Crippen molar-refractivity contribution in [2.24, 2.45) is 50.2 Å².